The molecule has 7 nitrogen and oxygen atoms in total. The maximum Gasteiger partial charge on any atom is 2.00 e. The van der Waals surface area contributed by atoms with E-state index in [-0.39, 0.29) is 41.5 Å². The molecule has 49 heavy (non-hydrogen) atoms. The zero-order chi connectivity index (χ0) is 31.7. The molecule has 0 aliphatic heterocycles. The topological polar surface area (TPSA) is 75.0 Å². The van der Waals surface area contributed by atoms with Gasteiger partial charge in [-0.1, -0.05) is 47.4 Å². The van der Waals surface area contributed by atoms with Gasteiger partial charge in [0.1, 0.15) is 0 Å². The van der Waals surface area contributed by atoms with Crippen molar-refractivity contribution >= 4 is 21.8 Å². The van der Waals surface area contributed by atoms with Gasteiger partial charge in [-0.15, -0.1) is 71.8 Å². The zero-order valence-corrected chi connectivity index (χ0v) is 30.0. The normalized spacial score (nSPS) is 10.7. The Morgan fingerprint density at radius 3 is 1.43 bits per heavy atom. The summed E-state index contributed by atoms with van der Waals surface area (Å²) in [7, 11) is 0. The molecule has 0 fully saturated rings. The van der Waals surface area contributed by atoms with Crippen LogP contribution in [-0.4, -0.2) is 24.5 Å². The minimum atomic E-state index is 0. The molecule has 0 aliphatic carbocycles. The van der Waals surface area contributed by atoms with Gasteiger partial charge in [-0.3, -0.25) is 0 Å². The number of ether oxygens (including phenoxy) is 2. The summed E-state index contributed by atoms with van der Waals surface area (Å²) in [5.41, 5.74) is 7.02. The van der Waals surface area contributed by atoms with Crippen LogP contribution in [0.3, 0.4) is 0 Å². The van der Waals surface area contributed by atoms with Crippen LogP contribution in [0, 0.1) is 38.1 Å². The van der Waals surface area contributed by atoms with Gasteiger partial charge in [0.05, 0.1) is 0 Å². The van der Waals surface area contributed by atoms with E-state index in [1.807, 2.05) is 116 Å². The second-order valence-electron chi connectivity index (χ2n) is 11.1. The Hall–Kier alpha value is -4.99. The van der Waals surface area contributed by atoms with Crippen LogP contribution >= 0.6 is 0 Å². The van der Waals surface area contributed by atoms with Crippen molar-refractivity contribution in [3.63, 3.8) is 0 Å². The summed E-state index contributed by atoms with van der Waals surface area (Å²) in [6.07, 6.45) is 7.10. The molecule has 0 saturated carbocycles. The van der Waals surface area contributed by atoms with Crippen LogP contribution in [0.2, 0.25) is 0 Å². The molecule has 9 heteroatoms. The van der Waals surface area contributed by atoms with E-state index >= 15 is 0 Å². The molecule has 0 radical (unpaired) electrons. The maximum absolute atomic E-state index is 6.28. The van der Waals surface area contributed by atoms with Crippen LogP contribution in [0.5, 0.6) is 23.0 Å². The first kappa shape index (κ1) is 33.9. The first-order valence-corrected chi connectivity index (χ1v) is 15.0. The van der Waals surface area contributed by atoms with E-state index in [4.69, 9.17) is 9.47 Å². The number of pyridine rings is 2. The number of aromatic nitrogens is 5. The van der Waals surface area contributed by atoms with E-state index in [1.165, 1.54) is 0 Å². The third-order valence-electron chi connectivity index (χ3n) is 7.64. The van der Waals surface area contributed by atoms with Crippen molar-refractivity contribution in [2.24, 2.45) is 0 Å². The molecule has 0 N–H and O–H groups in total. The van der Waals surface area contributed by atoms with E-state index in [2.05, 4.69) is 44.2 Å². The van der Waals surface area contributed by atoms with Crippen LogP contribution in [0.15, 0.2) is 116 Å². The third kappa shape index (κ3) is 7.09. The van der Waals surface area contributed by atoms with Crippen molar-refractivity contribution in [2.75, 3.05) is 0 Å². The zero-order valence-electron chi connectivity index (χ0n) is 26.2. The number of hydrogen-bond acceptors (Lipinski definition) is 6. The number of hydrogen-bond donors (Lipinski definition) is 0. The molecule has 0 bridgehead atoms. The van der Waals surface area contributed by atoms with E-state index in [0.717, 1.165) is 55.4 Å². The molecule has 0 saturated heterocycles. The van der Waals surface area contributed by atoms with Crippen LogP contribution in [0.25, 0.3) is 50.3 Å². The molecule has 0 aliphatic rings. The van der Waals surface area contributed by atoms with Crippen molar-refractivity contribution in [3.05, 3.63) is 151 Å². The Morgan fingerprint density at radius 2 is 0.980 bits per heavy atom. The number of benzene rings is 4. The monoisotopic (exact) mass is 908 g/mol. The van der Waals surface area contributed by atoms with Crippen molar-refractivity contribution in [1.82, 2.24) is 24.5 Å². The summed E-state index contributed by atoms with van der Waals surface area (Å²) in [6.45, 7) is 4.03. The van der Waals surface area contributed by atoms with Crippen LogP contribution in [-0.2, 0) is 41.5 Å². The van der Waals surface area contributed by atoms with Crippen molar-refractivity contribution < 1.29 is 51.0 Å². The fourth-order valence-corrected chi connectivity index (χ4v) is 5.36. The Morgan fingerprint density at radius 1 is 0.510 bits per heavy atom. The molecule has 0 unspecified atom stereocenters. The molecule has 8 aromatic rings. The SMILES string of the molecule is Cc1ccc(-c2[c-]c(Oc3[c-]c4c(cc3)c3ccc(Oc5[c-]c(-c6ccc(C)cn6)ccc5)[c-]c3n4-c3ncccn3)ccc2)nc1.[Pd+2].[Pt+2]. The average Bonchev–Trinajstić information content (AvgIpc) is 3.42. The Bertz CT molecular complexity index is 2230. The van der Waals surface area contributed by atoms with Gasteiger partial charge < -0.3 is 24.0 Å². The van der Waals surface area contributed by atoms with E-state index in [0.29, 0.717) is 28.9 Å². The average molecular weight is 909 g/mol. The van der Waals surface area contributed by atoms with Gasteiger partial charge in [0.15, 0.2) is 0 Å². The predicted molar refractivity (Wildman–Crippen MR) is 181 cm³/mol. The van der Waals surface area contributed by atoms with E-state index in [1.54, 1.807) is 18.5 Å². The summed E-state index contributed by atoms with van der Waals surface area (Å²) in [6, 6.07) is 42.7. The van der Waals surface area contributed by atoms with Crippen LogP contribution in [0.4, 0.5) is 0 Å². The standard InChI is InChI=1S/C40H25N5O2.Pd.Pt/c1-26-10-16-36(43-24-26)28-6-3-8-30(20-28)46-32-12-14-34-35-15-13-33(23-39(35)45(38(34)22-32)40-41-18-5-19-42-40)47-31-9-4-7-29(21-31)37-17-11-27(2)25-44-37;;/h3-19,24-25H,1-2H3;;/q-4;2*+2. The molecular weight excluding hydrogens is 884 g/mol. The van der Waals surface area contributed by atoms with Crippen molar-refractivity contribution in [3.8, 4) is 51.5 Å². The number of fused-ring (bicyclic) bond motifs is 3. The summed E-state index contributed by atoms with van der Waals surface area (Å²) >= 11 is 0. The van der Waals surface area contributed by atoms with Gasteiger partial charge in [0.25, 0.3) is 0 Å². The molecule has 0 amide bonds. The fraction of sp³-hybridized carbons (Fsp3) is 0.0500. The third-order valence-corrected chi connectivity index (χ3v) is 7.64. The minimum absolute atomic E-state index is 0. The fourth-order valence-electron chi connectivity index (χ4n) is 5.36. The number of nitrogens with zero attached hydrogens (tertiary/aromatic N) is 5. The molecule has 4 aromatic carbocycles. The van der Waals surface area contributed by atoms with Crippen LogP contribution < -0.4 is 9.47 Å². The summed E-state index contributed by atoms with van der Waals surface area (Å²) in [5.74, 6) is 2.64. The summed E-state index contributed by atoms with van der Waals surface area (Å²) < 4.78 is 14.5. The molecule has 8 rings (SSSR count). The second-order valence-corrected chi connectivity index (χ2v) is 11.1. The quantitative estimate of drug-likeness (QED) is 0.117. The summed E-state index contributed by atoms with van der Waals surface area (Å²) in [4.78, 5) is 18.2. The van der Waals surface area contributed by atoms with E-state index < -0.39 is 0 Å². The molecule has 0 spiro atoms. The van der Waals surface area contributed by atoms with Crippen molar-refractivity contribution in [2.45, 2.75) is 13.8 Å². The van der Waals surface area contributed by atoms with Gasteiger partial charge in [0.2, 0.25) is 5.95 Å². The molecular formula is C40H25N5O2PdPt. The molecule has 4 heterocycles. The first-order chi connectivity index (χ1) is 23.1. The smallest absolute Gasteiger partial charge is 0.503 e. The van der Waals surface area contributed by atoms with Gasteiger partial charge in [-0.2, -0.15) is 22.9 Å². The van der Waals surface area contributed by atoms with Gasteiger partial charge in [-0.25, -0.2) is 9.97 Å². The number of rotatable bonds is 7. The second kappa shape index (κ2) is 14.6. The first-order valence-electron chi connectivity index (χ1n) is 15.0. The predicted octanol–water partition coefficient (Wildman–Crippen LogP) is 9.09. The van der Waals surface area contributed by atoms with Crippen LogP contribution in [0.1, 0.15) is 11.1 Å². The molecule has 242 valence electrons. The largest absolute Gasteiger partial charge is 2.00 e. The molecule has 0 atom stereocenters. The molecule has 4 aromatic heterocycles. The van der Waals surface area contributed by atoms with Gasteiger partial charge >= 0.3 is 41.5 Å². The van der Waals surface area contributed by atoms with Gasteiger partial charge in [0, 0.05) is 47.8 Å². The minimum Gasteiger partial charge on any atom is -0.503 e. The van der Waals surface area contributed by atoms with Gasteiger partial charge in [-0.05, 0) is 42.4 Å². The Kier molecular flexibility index (Phi) is 10.1. The Labute approximate surface area is 312 Å². The maximum atomic E-state index is 6.28. The Balaban J connectivity index is 0.00000208. The van der Waals surface area contributed by atoms with Crippen molar-refractivity contribution in [1.29, 1.82) is 0 Å². The van der Waals surface area contributed by atoms with E-state index in [9.17, 15) is 0 Å². The number of aryl methyl sites for hydroxylation is 2. The summed E-state index contributed by atoms with van der Waals surface area (Å²) in [5, 5.41) is 1.89.